The summed E-state index contributed by atoms with van der Waals surface area (Å²) in [6, 6.07) is 0. The van der Waals surface area contributed by atoms with Crippen molar-refractivity contribution < 1.29 is 0 Å². The van der Waals surface area contributed by atoms with E-state index in [0.717, 1.165) is 11.8 Å². The van der Waals surface area contributed by atoms with Crippen molar-refractivity contribution in [2.45, 2.75) is 111 Å². The molecule has 0 aliphatic carbocycles. The molecule has 121 valence electrons. The fourth-order valence-corrected chi connectivity index (χ4v) is 3.09. The maximum absolute atomic E-state index is 2.70. The van der Waals surface area contributed by atoms with Crippen LogP contribution in [-0.2, 0) is 0 Å². The van der Waals surface area contributed by atoms with Crippen LogP contribution in [0.15, 0.2) is 0 Å². The van der Waals surface area contributed by atoms with Gasteiger partial charge in [0.2, 0.25) is 0 Å². The van der Waals surface area contributed by atoms with Gasteiger partial charge in [-0.15, -0.1) is 0 Å². The standard InChI is InChI=1S/C20H41/c1-5-8-11-12-14-17-20(16-10-7-3)18-19(4)15-13-9-6-2/h18-20H,5-17H2,1-4H3. The molecular weight excluding hydrogens is 240 g/mol. The monoisotopic (exact) mass is 281 g/mol. The summed E-state index contributed by atoms with van der Waals surface area (Å²) in [6.45, 7) is 9.36. The van der Waals surface area contributed by atoms with E-state index in [9.17, 15) is 0 Å². The molecule has 0 heteroatoms. The van der Waals surface area contributed by atoms with Crippen LogP contribution in [0, 0.1) is 18.3 Å². The van der Waals surface area contributed by atoms with Gasteiger partial charge in [-0.25, -0.2) is 0 Å². The lowest BCUT2D eigenvalue weighted by molar-refractivity contribution is 0.403. The number of hydrogen-bond donors (Lipinski definition) is 0. The first kappa shape index (κ1) is 20.0. The first-order chi connectivity index (χ1) is 9.74. The van der Waals surface area contributed by atoms with E-state index in [1.54, 1.807) is 0 Å². The van der Waals surface area contributed by atoms with Crippen LogP contribution in [0.4, 0.5) is 0 Å². The highest BCUT2D eigenvalue weighted by molar-refractivity contribution is 4.81. The molecule has 20 heavy (non-hydrogen) atoms. The third-order valence-electron chi connectivity index (χ3n) is 4.47. The number of unbranched alkanes of at least 4 members (excludes halogenated alkanes) is 7. The average molecular weight is 282 g/mol. The lowest BCUT2D eigenvalue weighted by Gasteiger charge is -2.20. The highest BCUT2D eigenvalue weighted by Crippen LogP contribution is 2.26. The van der Waals surface area contributed by atoms with Crippen molar-refractivity contribution in [1.29, 1.82) is 0 Å². The van der Waals surface area contributed by atoms with Crippen molar-refractivity contribution in [3.63, 3.8) is 0 Å². The lowest BCUT2D eigenvalue weighted by Crippen LogP contribution is -2.08. The molecule has 0 N–H and O–H groups in total. The van der Waals surface area contributed by atoms with Gasteiger partial charge in [-0.2, -0.15) is 0 Å². The van der Waals surface area contributed by atoms with Crippen molar-refractivity contribution in [2.75, 3.05) is 0 Å². The molecule has 2 unspecified atom stereocenters. The molecule has 0 fully saturated rings. The second-order valence-corrected chi connectivity index (χ2v) is 6.77. The fourth-order valence-electron chi connectivity index (χ4n) is 3.09. The summed E-state index contributed by atoms with van der Waals surface area (Å²) in [5, 5.41) is 0. The van der Waals surface area contributed by atoms with Crippen LogP contribution in [0.5, 0.6) is 0 Å². The minimum Gasteiger partial charge on any atom is -0.0654 e. The summed E-state index contributed by atoms with van der Waals surface area (Å²) in [6.07, 6.45) is 21.1. The number of hydrogen-bond acceptors (Lipinski definition) is 0. The van der Waals surface area contributed by atoms with Gasteiger partial charge >= 0.3 is 0 Å². The van der Waals surface area contributed by atoms with E-state index in [4.69, 9.17) is 0 Å². The van der Waals surface area contributed by atoms with Crippen molar-refractivity contribution in [1.82, 2.24) is 0 Å². The summed E-state index contributed by atoms with van der Waals surface area (Å²) in [4.78, 5) is 0. The van der Waals surface area contributed by atoms with Gasteiger partial charge in [-0.05, 0) is 18.3 Å². The molecule has 0 saturated carbocycles. The molecule has 0 aliphatic heterocycles. The van der Waals surface area contributed by atoms with Gasteiger partial charge in [0.25, 0.3) is 0 Å². The Kier molecular flexibility index (Phi) is 15.4. The molecule has 0 amide bonds. The van der Waals surface area contributed by atoms with Crippen LogP contribution in [0.1, 0.15) is 111 Å². The zero-order valence-electron chi connectivity index (χ0n) is 14.9. The van der Waals surface area contributed by atoms with E-state index in [0.29, 0.717) is 0 Å². The third-order valence-corrected chi connectivity index (χ3v) is 4.47. The molecule has 0 heterocycles. The molecule has 0 aromatic heterocycles. The first-order valence-corrected chi connectivity index (χ1v) is 9.59. The molecule has 0 rings (SSSR count). The Balaban J connectivity index is 3.81. The summed E-state index contributed by atoms with van der Waals surface area (Å²) in [5.74, 6) is 1.73. The largest absolute Gasteiger partial charge is 0.0654 e. The van der Waals surface area contributed by atoms with Gasteiger partial charge in [0.1, 0.15) is 0 Å². The van der Waals surface area contributed by atoms with E-state index < -0.39 is 0 Å². The van der Waals surface area contributed by atoms with E-state index >= 15 is 0 Å². The minimum absolute atomic E-state index is 0.832. The van der Waals surface area contributed by atoms with Crippen LogP contribution in [0.25, 0.3) is 0 Å². The first-order valence-electron chi connectivity index (χ1n) is 9.59. The lowest BCUT2D eigenvalue weighted by atomic mass is 9.85. The Morgan fingerprint density at radius 2 is 1.10 bits per heavy atom. The zero-order valence-corrected chi connectivity index (χ0v) is 14.9. The van der Waals surface area contributed by atoms with Gasteiger partial charge in [0, 0.05) is 0 Å². The molecule has 2 atom stereocenters. The van der Waals surface area contributed by atoms with E-state index in [-0.39, 0.29) is 0 Å². The smallest absolute Gasteiger partial charge is 0.0326 e. The average Bonchev–Trinajstić information content (AvgIpc) is 2.44. The molecular formula is C20H41. The van der Waals surface area contributed by atoms with Crippen LogP contribution in [-0.4, -0.2) is 0 Å². The highest BCUT2D eigenvalue weighted by Gasteiger charge is 2.13. The summed E-state index contributed by atoms with van der Waals surface area (Å²) < 4.78 is 0. The summed E-state index contributed by atoms with van der Waals surface area (Å²) in [7, 11) is 0. The van der Waals surface area contributed by atoms with Gasteiger partial charge in [0.05, 0.1) is 0 Å². The van der Waals surface area contributed by atoms with Crippen molar-refractivity contribution in [3.05, 3.63) is 6.42 Å². The maximum Gasteiger partial charge on any atom is -0.0326 e. The third kappa shape index (κ3) is 13.0. The quantitative estimate of drug-likeness (QED) is 0.271. The maximum atomic E-state index is 2.70. The SMILES string of the molecule is CCCCCCCC([CH]C(C)CCCCC)CCCC. The van der Waals surface area contributed by atoms with Crippen LogP contribution in [0.2, 0.25) is 0 Å². The highest BCUT2D eigenvalue weighted by atomic mass is 14.2. The van der Waals surface area contributed by atoms with Gasteiger partial charge in [-0.1, -0.05) is 111 Å². The van der Waals surface area contributed by atoms with E-state index in [1.807, 2.05) is 0 Å². The Bertz CT molecular complexity index is 173. The molecule has 0 aromatic rings. The normalized spacial score (nSPS) is 14.4. The van der Waals surface area contributed by atoms with Crippen LogP contribution in [0.3, 0.4) is 0 Å². The topological polar surface area (TPSA) is 0 Å². The second-order valence-electron chi connectivity index (χ2n) is 6.77. The van der Waals surface area contributed by atoms with Crippen LogP contribution >= 0.6 is 0 Å². The Morgan fingerprint density at radius 3 is 1.75 bits per heavy atom. The number of rotatable bonds is 15. The Labute approximate surface area is 130 Å². The van der Waals surface area contributed by atoms with Crippen molar-refractivity contribution in [2.24, 2.45) is 11.8 Å². The van der Waals surface area contributed by atoms with E-state index in [1.165, 1.54) is 83.5 Å². The van der Waals surface area contributed by atoms with Gasteiger partial charge in [-0.3, -0.25) is 0 Å². The molecule has 0 aromatic carbocycles. The predicted octanol–water partition coefficient (Wildman–Crippen LogP) is 7.57. The molecule has 0 aliphatic rings. The molecule has 1 radical (unpaired) electrons. The molecule has 0 saturated heterocycles. The zero-order chi connectivity index (χ0) is 15.1. The van der Waals surface area contributed by atoms with Crippen molar-refractivity contribution >= 4 is 0 Å². The predicted molar refractivity (Wildman–Crippen MR) is 94.0 cm³/mol. The van der Waals surface area contributed by atoms with Gasteiger partial charge < -0.3 is 0 Å². The Morgan fingerprint density at radius 1 is 0.600 bits per heavy atom. The van der Waals surface area contributed by atoms with Gasteiger partial charge in [0.15, 0.2) is 0 Å². The van der Waals surface area contributed by atoms with Crippen molar-refractivity contribution in [3.8, 4) is 0 Å². The summed E-state index contributed by atoms with van der Waals surface area (Å²) in [5.41, 5.74) is 0. The Hall–Kier alpha value is 0. The molecule has 0 spiro atoms. The van der Waals surface area contributed by atoms with Crippen LogP contribution < -0.4 is 0 Å². The summed E-state index contributed by atoms with van der Waals surface area (Å²) >= 11 is 0. The second kappa shape index (κ2) is 15.4. The minimum atomic E-state index is 0.832. The fraction of sp³-hybridized carbons (Fsp3) is 0.950. The molecule has 0 bridgehead atoms. The molecule has 0 nitrogen and oxygen atoms in total. The van der Waals surface area contributed by atoms with E-state index in [2.05, 4.69) is 34.1 Å².